The van der Waals surface area contributed by atoms with Crippen LogP contribution in [0.1, 0.15) is 30.5 Å². The standard InChI is InChI=1S/C27H30N4O5S/c1-15(2)26-30-31-24(28)20(25(32)29-27(31)37-26)12-18-13-21(33-5)23(22(14-18)34-6)36-10-9-35-19-8-7-16(3)17(4)11-19/h7-8,11-15,28H,9-10H2,1-6H3/b20-12+,28-24?. The molecule has 2 aliphatic heterocycles. The summed E-state index contributed by atoms with van der Waals surface area (Å²) in [6.45, 7) is 8.71. The summed E-state index contributed by atoms with van der Waals surface area (Å²) in [6.07, 6.45) is 1.58. The second-order valence-corrected chi connectivity index (χ2v) is 9.80. The lowest BCUT2D eigenvalue weighted by molar-refractivity contribution is -0.114. The molecule has 9 nitrogen and oxygen atoms in total. The van der Waals surface area contributed by atoms with Gasteiger partial charge in [-0.2, -0.15) is 15.1 Å². The van der Waals surface area contributed by atoms with Crippen LogP contribution < -0.4 is 18.9 Å². The van der Waals surface area contributed by atoms with Gasteiger partial charge in [0.1, 0.15) is 24.0 Å². The number of hydrazone groups is 1. The van der Waals surface area contributed by atoms with E-state index in [1.54, 1.807) is 18.2 Å². The summed E-state index contributed by atoms with van der Waals surface area (Å²) in [6, 6.07) is 9.38. The molecule has 10 heteroatoms. The first-order valence-electron chi connectivity index (χ1n) is 11.8. The number of methoxy groups -OCH3 is 2. The number of amidine groups is 2. The number of nitrogens with zero attached hydrogens (tertiary/aromatic N) is 3. The van der Waals surface area contributed by atoms with Gasteiger partial charge in [0, 0.05) is 5.92 Å². The quantitative estimate of drug-likeness (QED) is 0.363. The Kier molecular flexibility index (Phi) is 7.87. The van der Waals surface area contributed by atoms with Crippen LogP contribution in [0.2, 0.25) is 0 Å². The first-order chi connectivity index (χ1) is 17.7. The van der Waals surface area contributed by atoms with Crippen LogP contribution in [-0.4, -0.2) is 54.4 Å². The van der Waals surface area contributed by atoms with Crippen molar-refractivity contribution in [3.63, 3.8) is 0 Å². The molecule has 0 aliphatic carbocycles. The summed E-state index contributed by atoms with van der Waals surface area (Å²) in [5, 5.41) is 15.6. The van der Waals surface area contributed by atoms with Gasteiger partial charge in [-0.1, -0.05) is 19.9 Å². The van der Waals surface area contributed by atoms with Crippen LogP contribution in [0, 0.1) is 25.2 Å². The maximum atomic E-state index is 12.7. The largest absolute Gasteiger partial charge is 0.493 e. The summed E-state index contributed by atoms with van der Waals surface area (Å²) in [7, 11) is 3.05. The molecule has 1 amide bonds. The fraction of sp³-hybridized carbons (Fsp3) is 0.333. The number of benzene rings is 2. The number of rotatable bonds is 9. The van der Waals surface area contributed by atoms with Gasteiger partial charge < -0.3 is 18.9 Å². The number of fused-ring (bicyclic) bond motifs is 1. The third-order valence-electron chi connectivity index (χ3n) is 5.83. The molecule has 37 heavy (non-hydrogen) atoms. The number of carbonyl (C=O) groups excluding carboxylic acids is 1. The van der Waals surface area contributed by atoms with Crippen molar-refractivity contribution in [1.29, 1.82) is 5.41 Å². The third-order valence-corrected chi connectivity index (χ3v) is 7.04. The fourth-order valence-electron chi connectivity index (χ4n) is 3.64. The molecule has 2 heterocycles. The van der Waals surface area contributed by atoms with Crippen molar-refractivity contribution in [2.45, 2.75) is 27.7 Å². The molecule has 0 aromatic heterocycles. The molecule has 2 aromatic rings. The minimum atomic E-state index is -0.495. The van der Waals surface area contributed by atoms with Crippen molar-refractivity contribution in [2.75, 3.05) is 27.4 Å². The van der Waals surface area contributed by atoms with Gasteiger partial charge in [0.15, 0.2) is 17.3 Å². The van der Waals surface area contributed by atoms with Gasteiger partial charge in [0.2, 0.25) is 10.9 Å². The van der Waals surface area contributed by atoms with Gasteiger partial charge in [-0.05, 0) is 72.6 Å². The maximum absolute atomic E-state index is 12.7. The molecular weight excluding hydrogens is 492 g/mol. The second kappa shape index (κ2) is 11.1. The fourth-order valence-corrected chi connectivity index (χ4v) is 4.53. The second-order valence-electron chi connectivity index (χ2n) is 8.81. The van der Waals surface area contributed by atoms with Gasteiger partial charge in [-0.3, -0.25) is 10.2 Å². The molecule has 0 saturated heterocycles. The number of hydrogen-bond donors (Lipinski definition) is 1. The Balaban J connectivity index is 1.52. The Morgan fingerprint density at radius 1 is 1.03 bits per heavy atom. The van der Waals surface area contributed by atoms with Crippen molar-refractivity contribution in [3.8, 4) is 23.0 Å². The number of nitrogens with one attached hydrogen (secondary N) is 1. The Morgan fingerprint density at radius 2 is 1.70 bits per heavy atom. The van der Waals surface area contributed by atoms with E-state index in [1.165, 1.54) is 36.6 Å². The normalized spacial score (nSPS) is 16.1. The Morgan fingerprint density at radius 3 is 2.32 bits per heavy atom. The summed E-state index contributed by atoms with van der Waals surface area (Å²) in [5.41, 5.74) is 3.09. The van der Waals surface area contributed by atoms with Gasteiger partial charge in [0.25, 0.3) is 5.91 Å². The first-order valence-corrected chi connectivity index (χ1v) is 12.6. The summed E-state index contributed by atoms with van der Waals surface area (Å²) >= 11 is 1.31. The van der Waals surface area contributed by atoms with Crippen molar-refractivity contribution in [3.05, 3.63) is 52.6 Å². The number of hydrogen-bond acceptors (Lipinski definition) is 8. The molecule has 0 bridgehead atoms. The molecule has 0 radical (unpaired) electrons. The van der Waals surface area contributed by atoms with Gasteiger partial charge >= 0.3 is 0 Å². The molecule has 4 rings (SSSR count). The first kappa shape index (κ1) is 26.3. The average molecular weight is 523 g/mol. The maximum Gasteiger partial charge on any atom is 0.283 e. The highest BCUT2D eigenvalue weighted by molar-refractivity contribution is 8.27. The van der Waals surface area contributed by atoms with Crippen LogP contribution in [0.4, 0.5) is 0 Å². The molecule has 0 fully saturated rings. The monoisotopic (exact) mass is 522 g/mol. The Bertz CT molecular complexity index is 1310. The van der Waals surface area contributed by atoms with Crippen LogP contribution in [-0.2, 0) is 4.79 Å². The molecule has 2 aromatic carbocycles. The highest BCUT2D eigenvalue weighted by atomic mass is 32.2. The van der Waals surface area contributed by atoms with E-state index < -0.39 is 5.91 Å². The molecule has 194 valence electrons. The molecule has 0 unspecified atom stereocenters. The molecular formula is C27H30N4O5S. The zero-order valence-corrected chi connectivity index (χ0v) is 22.6. The zero-order chi connectivity index (χ0) is 26.7. The van der Waals surface area contributed by atoms with Gasteiger partial charge in [0.05, 0.1) is 19.8 Å². The number of ether oxygens (including phenoxy) is 4. The lowest BCUT2D eigenvalue weighted by atomic mass is 10.1. The lowest BCUT2D eigenvalue weighted by Crippen LogP contribution is -2.35. The van der Waals surface area contributed by atoms with E-state index in [-0.39, 0.29) is 23.9 Å². The topological polar surface area (TPSA) is 106 Å². The van der Waals surface area contributed by atoms with Crippen molar-refractivity contribution in [1.82, 2.24) is 5.01 Å². The van der Waals surface area contributed by atoms with E-state index in [0.29, 0.717) is 34.6 Å². The Hall–Kier alpha value is -3.79. The Labute approximate surface area is 220 Å². The van der Waals surface area contributed by atoms with Crippen molar-refractivity contribution in [2.24, 2.45) is 16.0 Å². The number of carbonyl (C=O) groups is 1. The van der Waals surface area contributed by atoms with E-state index in [1.807, 2.05) is 39.0 Å². The lowest BCUT2D eigenvalue weighted by Gasteiger charge is -2.20. The smallest absolute Gasteiger partial charge is 0.283 e. The highest BCUT2D eigenvalue weighted by Crippen LogP contribution is 2.40. The highest BCUT2D eigenvalue weighted by Gasteiger charge is 2.36. The molecule has 0 saturated carbocycles. The third kappa shape index (κ3) is 5.64. The molecule has 1 N–H and O–H groups in total. The number of aryl methyl sites for hydroxylation is 2. The predicted molar refractivity (Wildman–Crippen MR) is 146 cm³/mol. The van der Waals surface area contributed by atoms with E-state index in [2.05, 4.69) is 17.0 Å². The summed E-state index contributed by atoms with van der Waals surface area (Å²) in [5.74, 6) is 1.69. The minimum Gasteiger partial charge on any atom is -0.493 e. The summed E-state index contributed by atoms with van der Waals surface area (Å²) < 4.78 is 22.9. The molecule has 0 atom stereocenters. The average Bonchev–Trinajstić information content (AvgIpc) is 3.31. The zero-order valence-electron chi connectivity index (χ0n) is 21.7. The SMILES string of the molecule is COc1cc(/C=C2\C(=N)N3N=C(C(C)C)SC3=NC2=O)cc(OC)c1OCCOc1ccc(C)c(C)c1. The van der Waals surface area contributed by atoms with Crippen LogP contribution in [0.25, 0.3) is 6.08 Å². The van der Waals surface area contributed by atoms with E-state index in [0.717, 1.165) is 16.4 Å². The van der Waals surface area contributed by atoms with E-state index >= 15 is 0 Å². The summed E-state index contributed by atoms with van der Waals surface area (Å²) in [4.78, 5) is 16.9. The van der Waals surface area contributed by atoms with Crippen LogP contribution in [0.15, 0.2) is 46.0 Å². The number of thioether (sulfide) groups is 1. The number of aliphatic imine (C=N–C) groups is 1. The van der Waals surface area contributed by atoms with Crippen LogP contribution in [0.3, 0.4) is 0 Å². The molecule has 2 aliphatic rings. The van der Waals surface area contributed by atoms with E-state index in [4.69, 9.17) is 24.4 Å². The van der Waals surface area contributed by atoms with Crippen LogP contribution in [0.5, 0.6) is 23.0 Å². The minimum absolute atomic E-state index is 0.0279. The predicted octanol–water partition coefficient (Wildman–Crippen LogP) is 5.05. The van der Waals surface area contributed by atoms with Crippen molar-refractivity contribution >= 4 is 39.8 Å². The van der Waals surface area contributed by atoms with Crippen molar-refractivity contribution < 1.29 is 23.7 Å². The van der Waals surface area contributed by atoms with Crippen LogP contribution >= 0.6 is 11.8 Å². The number of amides is 1. The van der Waals surface area contributed by atoms with Gasteiger partial charge in [-0.25, -0.2) is 0 Å². The molecule has 0 spiro atoms. The van der Waals surface area contributed by atoms with E-state index in [9.17, 15) is 4.79 Å². The van der Waals surface area contributed by atoms with Gasteiger partial charge in [-0.15, -0.1) is 0 Å².